The molecule has 0 amide bonds. The summed E-state index contributed by atoms with van der Waals surface area (Å²) in [5.41, 5.74) is -0.715. The standard InChI is InChI=1S/C15H20ClNO4S2/c1-3-15(14(18)21-4-2)9-10-5-6-11(15)17(10)23(19,20)13-8-7-12(16)22-13/h7-8,10-11H,3-6,9H2,1-2H3/t10-,11+,15+/m0/s1. The Kier molecular flexibility index (Phi) is 4.50. The summed E-state index contributed by atoms with van der Waals surface area (Å²) in [6.07, 6.45) is 2.63. The summed E-state index contributed by atoms with van der Waals surface area (Å²) < 4.78 is 33.5. The van der Waals surface area contributed by atoms with Crippen LogP contribution in [0.5, 0.6) is 0 Å². The number of esters is 1. The fourth-order valence-electron chi connectivity index (χ4n) is 4.05. The lowest BCUT2D eigenvalue weighted by Gasteiger charge is -2.33. The molecule has 23 heavy (non-hydrogen) atoms. The van der Waals surface area contributed by atoms with E-state index in [0.717, 1.165) is 17.8 Å². The number of halogens is 1. The summed E-state index contributed by atoms with van der Waals surface area (Å²) in [7, 11) is -3.62. The van der Waals surface area contributed by atoms with E-state index in [1.54, 1.807) is 17.3 Å². The van der Waals surface area contributed by atoms with E-state index in [-0.39, 0.29) is 22.3 Å². The van der Waals surface area contributed by atoms with Gasteiger partial charge in [-0.25, -0.2) is 8.42 Å². The highest BCUT2D eigenvalue weighted by atomic mass is 35.5. The fraction of sp³-hybridized carbons (Fsp3) is 0.667. The van der Waals surface area contributed by atoms with Crippen LogP contribution in [0.2, 0.25) is 4.34 Å². The highest BCUT2D eigenvalue weighted by Crippen LogP contribution is 2.54. The van der Waals surface area contributed by atoms with Gasteiger partial charge in [-0.2, -0.15) is 4.31 Å². The first-order valence-electron chi connectivity index (χ1n) is 7.83. The van der Waals surface area contributed by atoms with Crippen molar-refractivity contribution in [3.05, 3.63) is 16.5 Å². The van der Waals surface area contributed by atoms with Crippen LogP contribution in [0.4, 0.5) is 0 Å². The van der Waals surface area contributed by atoms with E-state index in [0.29, 0.717) is 30.2 Å². The van der Waals surface area contributed by atoms with E-state index >= 15 is 0 Å². The summed E-state index contributed by atoms with van der Waals surface area (Å²) in [6, 6.07) is 2.69. The van der Waals surface area contributed by atoms with Crippen molar-refractivity contribution in [1.29, 1.82) is 0 Å². The van der Waals surface area contributed by atoms with Gasteiger partial charge in [-0.3, -0.25) is 4.79 Å². The molecule has 2 saturated heterocycles. The summed E-state index contributed by atoms with van der Waals surface area (Å²) in [6.45, 7) is 4.02. The first-order chi connectivity index (χ1) is 10.9. The van der Waals surface area contributed by atoms with Gasteiger partial charge in [-0.15, -0.1) is 11.3 Å². The quantitative estimate of drug-likeness (QED) is 0.738. The molecular weight excluding hydrogens is 358 g/mol. The highest BCUT2D eigenvalue weighted by molar-refractivity contribution is 7.91. The molecule has 2 bridgehead atoms. The monoisotopic (exact) mass is 377 g/mol. The van der Waals surface area contributed by atoms with Gasteiger partial charge in [0.25, 0.3) is 10.0 Å². The number of rotatable bonds is 5. The van der Waals surface area contributed by atoms with Crippen molar-refractivity contribution in [3.8, 4) is 0 Å². The second kappa shape index (κ2) is 6.02. The molecular formula is C15H20ClNO4S2. The SMILES string of the molecule is CCOC(=O)[C@]1(CC)C[C@@H]2CC[C@H]1N2S(=O)(=O)c1ccc(Cl)s1. The van der Waals surface area contributed by atoms with Crippen LogP contribution in [0.1, 0.15) is 39.5 Å². The van der Waals surface area contributed by atoms with Gasteiger partial charge in [-0.1, -0.05) is 18.5 Å². The van der Waals surface area contributed by atoms with Gasteiger partial charge in [0.15, 0.2) is 0 Å². The van der Waals surface area contributed by atoms with Crippen LogP contribution >= 0.6 is 22.9 Å². The average molecular weight is 378 g/mol. The Morgan fingerprint density at radius 1 is 1.43 bits per heavy atom. The Balaban J connectivity index is 1.98. The zero-order valence-corrected chi connectivity index (χ0v) is 15.5. The van der Waals surface area contributed by atoms with Crippen LogP contribution < -0.4 is 0 Å². The Morgan fingerprint density at radius 3 is 2.74 bits per heavy atom. The Morgan fingerprint density at radius 2 is 2.17 bits per heavy atom. The van der Waals surface area contributed by atoms with Gasteiger partial charge in [0.2, 0.25) is 0 Å². The molecule has 0 radical (unpaired) electrons. The van der Waals surface area contributed by atoms with Crippen molar-refractivity contribution >= 4 is 38.9 Å². The van der Waals surface area contributed by atoms with Crippen LogP contribution in [-0.4, -0.2) is 37.4 Å². The first kappa shape index (κ1) is 17.2. The van der Waals surface area contributed by atoms with Gasteiger partial charge < -0.3 is 4.74 Å². The van der Waals surface area contributed by atoms with Crippen molar-refractivity contribution in [2.45, 2.75) is 55.8 Å². The number of hydrogen-bond acceptors (Lipinski definition) is 5. The normalized spacial score (nSPS) is 30.7. The molecule has 128 valence electrons. The maximum Gasteiger partial charge on any atom is 0.313 e. The third-order valence-electron chi connectivity index (χ3n) is 5.07. The zero-order valence-electron chi connectivity index (χ0n) is 13.1. The fourth-order valence-corrected chi connectivity index (χ4v) is 7.58. The molecule has 0 spiro atoms. The molecule has 2 fully saturated rings. The predicted octanol–water partition coefficient (Wildman–Crippen LogP) is 3.29. The van der Waals surface area contributed by atoms with Gasteiger partial charge in [-0.05, 0) is 44.7 Å². The molecule has 0 aliphatic carbocycles. The molecule has 0 aromatic carbocycles. The van der Waals surface area contributed by atoms with Gasteiger partial charge in [0.05, 0.1) is 16.4 Å². The second-order valence-electron chi connectivity index (χ2n) is 6.07. The van der Waals surface area contributed by atoms with E-state index in [2.05, 4.69) is 0 Å². The minimum absolute atomic E-state index is 0.129. The van der Waals surface area contributed by atoms with Crippen LogP contribution in [0.3, 0.4) is 0 Å². The molecule has 0 N–H and O–H groups in total. The lowest BCUT2D eigenvalue weighted by Crippen LogP contribution is -2.45. The van der Waals surface area contributed by atoms with E-state index < -0.39 is 15.4 Å². The molecule has 5 nitrogen and oxygen atoms in total. The van der Waals surface area contributed by atoms with Crippen molar-refractivity contribution in [2.75, 3.05) is 6.61 Å². The number of nitrogens with zero attached hydrogens (tertiary/aromatic N) is 1. The van der Waals surface area contributed by atoms with Crippen molar-refractivity contribution in [2.24, 2.45) is 5.41 Å². The summed E-state index contributed by atoms with van der Waals surface area (Å²) >= 11 is 6.96. The number of fused-ring (bicyclic) bond motifs is 2. The summed E-state index contributed by atoms with van der Waals surface area (Å²) in [5.74, 6) is -0.265. The topological polar surface area (TPSA) is 63.7 Å². The highest BCUT2D eigenvalue weighted by Gasteiger charge is 2.63. The van der Waals surface area contributed by atoms with Gasteiger partial charge in [0.1, 0.15) is 4.21 Å². The molecule has 3 atom stereocenters. The number of ether oxygens (including phenoxy) is 1. The molecule has 1 aromatic heterocycles. The number of carbonyl (C=O) groups excluding carboxylic acids is 1. The summed E-state index contributed by atoms with van der Waals surface area (Å²) in [5, 5.41) is 0. The number of sulfonamides is 1. The van der Waals surface area contributed by atoms with Crippen LogP contribution in [0.25, 0.3) is 0 Å². The van der Waals surface area contributed by atoms with Crippen molar-refractivity contribution in [1.82, 2.24) is 4.31 Å². The lowest BCUT2D eigenvalue weighted by atomic mass is 9.72. The number of carbonyl (C=O) groups is 1. The Labute approximate surface area is 145 Å². The molecule has 2 aliphatic heterocycles. The third kappa shape index (κ3) is 2.52. The molecule has 1 aromatic rings. The predicted molar refractivity (Wildman–Crippen MR) is 89.1 cm³/mol. The summed E-state index contributed by atoms with van der Waals surface area (Å²) in [4.78, 5) is 12.5. The lowest BCUT2D eigenvalue weighted by molar-refractivity contribution is -0.157. The first-order valence-corrected chi connectivity index (χ1v) is 10.5. The molecule has 2 aliphatic rings. The van der Waals surface area contributed by atoms with Crippen LogP contribution in [0.15, 0.2) is 16.3 Å². The number of hydrogen-bond donors (Lipinski definition) is 0. The zero-order chi connectivity index (χ0) is 16.8. The van der Waals surface area contributed by atoms with E-state index in [4.69, 9.17) is 16.3 Å². The average Bonchev–Trinajstić information content (AvgIpc) is 3.20. The largest absolute Gasteiger partial charge is 0.466 e. The molecule has 0 unspecified atom stereocenters. The molecule has 3 heterocycles. The van der Waals surface area contributed by atoms with Crippen LogP contribution in [-0.2, 0) is 19.6 Å². The molecule has 0 saturated carbocycles. The van der Waals surface area contributed by atoms with Crippen molar-refractivity contribution < 1.29 is 17.9 Å². The smallest absolute Gasteiger partial charge is 0.313 e. The van der Waals surface area contributed by atoms with E-state index in [1.165, 1.54) is 6.07 Å². The Hall–Kier alpha value is -0.630. The third-order valence-corrected chi connectivity index (χ3v) is 8.73. The van der Waals surface area contributed by atoms with Gasteiger partial charge >= 0.3 is 5.97 Å². The minimum Gasteiger partial charge on any atom is -0.466 e. The van der Waals surface area contributed by atoms with Crippen molar-refractivity contribution in [3.63, 3.8) is 0 Å². The van der Waals surface area contributed by atoms with Crippen LogP contribution in [0, 0.1) is 5.41 Å². The molecule has 3 rings (SSSR count). The Bertz CT molecular complexity index is 717. The van der Waals surface area contributed by atoms with E-state index in [9.17, 15) is 13.2 Å². The van der Waals surface area contributed by atoms with E-state index in [1.807, 2.05) is 6.92 Å². The maximum absolute atomic E-state index is 13.0. The second-order valence-corrected chi connectivity index (χ2v) is 9.86. The minimum atomic E-state index is -3.62. The number of thiophene rings is 1. The maximum atomic E-state index is 13.0. The molecule has 8 heteroatoms. The van der Waals surface area contributed by atoms with Gasteiger partial charge in [0, 0.05) is 12.1 Å².